The number of amides is 2. The van der Waals surface area contributed by atoms with Gasteiger partial charge in [-0.15, -0.1) is 0 Å². The molecular weight excluding hydrogens is 204 g/mol. The highest BCUT2D eigenvalue weighted by molar-refractivity contribution is 5.88. The molecule has 0 saturated heterocycles. The van der Waals surface area contributed by atoms with Crippen molar-refractivity contribution in [2.24, 2.45) is 0 Å². The van der Waals surface area contributed by atoms with Gasteiger partial charge in [0.25, 0.3) is 0 Å². The Labute approximate surface area is 96.0 Å². The SMILES string of the molecule is CCCCNC(=O)Nc1cc(CCC)[nH]n1. The van der Waals surface area contributed by atoms with Gasteiger partial charge in [0.15, 0.2) is 5.82 Å². The minimum absolute atomic E-state index is 0.192. The van der Waals surface area contributed by atoms with Crippen molar-refractivity contribution in [3.8, 4) is 0 Å². The zero-order valence-electron chi connectivity index (χ0n) is 9.97. The Bertz CT molecular complexity index is 322. The highest BCUT2D eigenvalue weighted by atomic mass is 16.2. The van der Waals surface area contributed by atoms with Crippen molar-refractivity contribution in [1.82, 2.24) is 15.5 Å². The summed E-state index contributed by atoms with van der Waals surface area (Å²) in [6.07, 6.45) is 4.08. The maximum absolute atomic E-state index is 11.4. The third kappa shape index (κ3) is 4.33. The molecule has 3 N–H and O–H groups in total. The molecule has 0 saturated carbocycles. The van der Waals surface area contributed by atoms with Crippen LogP contribution in [0.5, 0.6) is 0 Å². The van der Waals surface area contributed by atoms with Crippen LogP contribution >= 0.6 is 0 Å². The van der Waals surface area contributed by atoms with Gasteiger partial charge in [-0.1, -0.05) is 26.7 Å². The zero-order chi connectivity index (χ0) is 11.8. The molecule has 0 bridgehead atoms. The topological polar surface area (TPSA) is 69.8 Å². The second-order valence-corrected chi connectivity index (χ2v) is 3.76. The minimum atomic E-state index is -0.192. The molecule has 0 aliphatic heterocycles. The summed E-state index contributed by atoms with van der Waals surface area (Å²) in [6.45, 7) is 4.89. The summed E-state index contributed by atoms with van der Waals surface area (Å²) in [6, 6.07) is 1.67. The molecule has 5 nitrogen and oxygen atoms in total. The van der Waals surface area contributed by atoms with Crippen LogP contribution in [0.15, 0.2) is 6.07 Å². The maximum Gasteiger partial charge on any atom is 0.320 e. The third-order valence-corrected chi connectivity index (χ3v) is 2.21. The zero-order valence-corrected chi connectivity index (χ0v) is 9.97. The van der Waals surface area contributed by atoms with Gasteiger partial charge in [-0.2, -0.15) is 5.10 Å². The van der Waals surface area contributed by atoms with Gasteiger partial charge in [0.2, 0.25) is 0 Å². The molecule has 0 atom stereocenters. The van der Waals surface area contributed by atoms with Crippen LogP contribution in [0.1, 0.15) is 38.8 Å². The molecule has 0 radical (unpaired) electrons. The molecule has 0 unspecified atom stereocenters. The number of H-pyrrole nitrogens is 1. The van der Waals surface area contributed by atoms with Crippen molar-refractivity contribution in [2.45, 2.75) is 39.5 Å². The molecule has 90 valence electrons. The summed E-state index contributed by atoms with van der Waals surface area (Å²) in [5, 5.41) is 12.3. The Morgan fingerprint density at radius 2 is 2.25 bits per heavy atom. The number of aromatic nitrogens is 2. The minimum Gasteiger partial charge on any atom is -0.338 e. The van der Waals surface area contributed by atoms with Crippen LogP contribution < -0.4 is 10.6 Å². The Morgan fingerprint density at radius 3 is 2.94 bits per heavy atom. The number of aromatic amines is 1. The van der Waals surface area contributed by atoms with Crippen molar-refractivity contribution < 1.29 is 4.79 Å². The van der Waals surface area contributed by atoms with Crippen LogP contribution in [0.25, 0.3) is 0 Å². The summed E-state index contributed by atoms with van der Waals surface area (Å²) >= 11 is 0. The highest BCUT2D eigenvalue weighted by Gasteiger charge is 2.04. The lowest BCUT2D eigenvalue weighted by Gasteiger charge is -2.03. The van der Waals surface area contributed by atoms with E-state index in [0.717, 1.165) is 31.4 Å². The fraction of sp³-hybridized carbons (Fsp3) is 0.636. The number of carbonyl (C=O) groups is 1. The summed E-state index contributed by atoms with van der Waals surface area (Å²) in [5.74, 6) is 0.581. The number of hydrogen-bond donors (Lipinski definition) is 3. The van der Waals surface area contributed by atoms with Crippen molar-refractivity contribution in [2.75, 3.05) is 11.9 Å². The highest BCUT2D eigenvalue weighted by Crippen LogP contribution is 2.06. The van der Waals surface area contributed by atoms with E-state index in [1.165, 1.54) is 0 Å². The number of rotatable bonds is 6. The average Bonchev–Trinajstić information content (AvgIpc) is 2.66. The van der Waals surface area contributed by atoms with Gasteiger partial charge in [0.1, 0.15) is 0 Å². The molecular formula is C11H20N4O. The second kappa shape index (κ2) is 6.87. The number of nitrogens with one attached hydrogen (secondary N) is 3. The largest absolute Gasteiger partial charge is 0.338 e. The number of hydrogen-bond acceptors (Lipinski definition) is 2. The number of carbonyl (C=O) groups excluding carboxylic acids is 1. The Hall–Kier alpha value is -1.52. The number of anilines is 1. The van der Waals surface area contributed by atoms with Crippen molar-refractivity contribution in [3.63, 3.8) is 0 Å². The Morgan fingerprint density at radius 1 is 1.44 bits per heavy atom. The van der Waals surface area contributed by atoms with Crippen LogP contribution in [0.3, 0.4) is 0 Å². The summed E-state index contributed by atoms with van der Waals surface area (Å²) < 4.78 is 0. The molecule has 1 heterocycles. The quantitative estimate of drug-likeness (QED) is 0.649. The summed E-state index contributed by atoms with van der Waals surface area (Å²) in [7, 11) is 0. The molecule has 16 heavy (non-hydrogen) atoms. The van der Waals surface area contributed by atoms with E-state index in [1.54, 1.807) is 0 Å². The van der Waals surface area contributed by atoms with Gasteiger partial charge in [0, 0.05) is 18.3 Å². The van der Waals surface area contributed by atoms with E-state index in [2.05, 4.69) is 34.7 Å². The van der Waals surface area contributed by atoms with E-state index in [-0.39, 0.29) is 6.03 Å². The van der Waals surface area contributed by atoms with E-state index < -0.39 is 0 Å². The molecule has 0 aliphatic rings. The Balaban J connectivity index is 2.31. The third-order valence-electron chi connectivity index (χ3n) is 2.21. The second-order valence-electron chi connectivity index (χ2n) is 3.76. The molecule has 1 aromatic rings. The standard InChI is InChI=1S/C11H20N4O/c1-3-5-7-12-11(16)13-10-8-9(6-4-2)14-15-10/h8H,3-7H2,1-2H3,(H3,12,13,14,15,16). The van der Waals surface area contributed by atoms with Crippen LogP contribution in [0.2, 0.25) is 0 Å². The predicted octanol–water partition coefficient (Wildman–Crippen LogP) is 2.28. The van der Waals surface area contributed by atoms with Crippen LogP contribution in [-0.4, -0.2) is 22.8 Å². The Kier molecular flexibility index (Phi) is 5.39. The van der Waals surface area contributed by atoms with E-state index in [1.807, 2.05) is 6.07 Å². The van der Waals surface area contributed by atoms with E-state index >= 15 is 0 Å². The van der Waals surface area contributed by atoms with Crippen molar-refractivity contribution >= 4 is 11.8 Å². The average molecular weight is 224 g/mol. The molecule has 2 amide bonds. The van der Waals surface area contributed by atoms with E-state index in [9.17, 15) is 4.79 Å². The lowest BCUT2D eigenvalue weighted by Crippen LogP contribution is -2.29. The van der Waals surface area contributed by atoms with Gasteiger partial charge in [-0.3, -0.25) is 10.4 Å². The molecule has 0 aromatic carbocycles. The fourth-order valence-corrected chi connectivity index (χ4v) is 1.36. The monoisotopic (exact) mass is 224 g/mol. The van der Waals surface area contributed by atoms with Gasteiger partial charge >= 0.3 is 6.03 Å². The molecule has 1 aromatic heterocycles. The van der Waals surface area contributed by atoms with Crippen LogP contribution in [0.4, 0.5) is 10.6 Å². The van der Waals surface area contributed by atoms with Gasteiger partial charge < -0.3 is 5.32 Å². The smallest absolute Gasteiger partial charge is 0.320 e. The summed E-state index contributed by atoms with van der Waals surface area (Å²) in [5.41, 5.74) is 1.05. The van der Waals surface area contributed by atoms with Crippen molar-refractivity contribution in [1.29, 1.82) is 0 Å². The van der Waals surface area contributed by atoms with E-state index in [4.69, 9.17) is 0 Å². The normalized spacial score (nSPS) is 10.1. The fourth-order valence-electron chi connectivity index (χ4n) is 1.36. The molecule has 0 spiro atoms. The number of nitrogens with zero attached hydrogens (tertiary/aromatic N) is 1. The number of unbranched alkanes of at least 4 members (excludes halogenated alkanes) is 1. The first-order chi connectivity index (χ1) is 7.76. The maximum atomic E-state index is 11.4. The van der Waals surface area contributed by atoms with Crippen LogP contribution in [-0.2, 0) is 6.42 Å². The molecule has 0 aliphatic carbocycles. The van der Waals surface area contributed by atoms with Gasteiger partial charge in [-0.25, -0.2) is 4.79 Å². The number of aryl methyl sites for hydroxylation is 1. The van der Waals surface area contributed by atoms with Crippen molar-refractivity contribution in [3.05, 3.63) is 11.8 Å². The molecule has 0 fully saturated rings. The first-order valence-electron chi connectivity index (χ1n) is 5.85. The number of urea groups is 1. The van der Waals surface area contributed by atoms with Crippen LogP contribution in [0, 0.1) is 0 Å². The molecule has 1 rings (SSSR count). The van der Waals surface area contributed by atoms with E-state index in [0.29, 0.717) is 12.4 Å². The first kappa shape index (κ1) is 12.5. The predicted molar refractivity (Wildman–Crippen MR) is 64.5 cm³/mol. The van der Waals surface area contributed by atoms with Gasteiger partial charge in [0.05, 0.1) is 0 Å². The molecule has 5 heteroatoms. The lowest BCUT2D eigenvalue weighted by molar-refractivity contribution is 0.252. The lowest BCUT2D eigenvalue weighted by atomic mass is 10.2. The summed E-state index contributed by atoms with van der Waals surface area (Å²) in [4.78, 5) is 11.4. The van der Waals surface area contributed by atoms with Gasteiger partial charge in [-0.05, 0) is 12.8 Å². The first-order valence-corrected chi connectivity index (χ1v) is 5.85.